The Morgan fingerprint density at radius 2 is 2.28 bits per heavy atom. The van der Waals surface area contributed by atoms with E-state index in [1.54, 1.807) is 0 Å². The van der Waals surface area contributed by atoms with Crippen LogP contribution in [0, 0.1) is 6.92 Å². The molecule has 0 aliphatic rings. The van der Waals surface area contributed by atoms with Gasteiger partial charge < -0.3 is 0 Å². The van der Waals surface area contributed by atoms with Gasteiger partial charge in [0.15, 0.2) is 0 Å². The Morgan fingerprint density at radius 1 is 1.50 bits per heavy atom. The third-order valence-electron chi connectivity index (χ3n) is 2.45. The Hall–Kier alpha value is -1.09. The Labute approximate surface area is 117 Å². The molecule has 0 radical (unpaired) electrons. The van der Waals surface area contributed by atoms with Crippen LogP contribution < -0.4 is 5.32 Å². The van der Waals surface area contributed by atoms with Crippen LogP contribution in [-0.2, 0) is 11.2 Å². The van der Waals surface area contributed by atoms with E-state index in [-0.39, 0.29) is 20.4 Å². The standard InChI is InChI=1S/C13H13ClN2OSe/c1-8-3-4-10(6-12(8)14)5-11-7-15-13(18-11)16-9(2)17/h3-4,6-7H,5H2,1-2H3,(H,15,16,17). The number of nitrogens with zero attached hydrogens (tertiary/aromatic N) is 1. The average Bonchev–Trinajstić information content (AvgIpc) is 2.70. The van der Waals surface area contributed by atoms with Gasteiger partial charge in [0.2, 0.25) is 0 Å². The molecule has 0 bridgehead atoms. The van der Waals surface area contributed by atoms with Crippen molar-refractivity contribution in [1.29, 1.82) is 0 Å². The van der Waals surface area contributed by atoms with Crippen LogP contribution in [0.4, 0.5) is 4.69 Å². The fourth-order valence-electron chi connectivity index (χ4n) is 1.55. The minimum absolute atomic E-state index is 0.0661. The number of carbonyl (C=O) groups excluding carboxylic acids is 1. The third kappa shape index (κ3) is 3.45. The van der Waals surface area contributed by atoms with Crippen LogP contribution in [0.3, 0.4) is 0 Å². The number of amides is 1. The molecule has 0 saturated heterocycles. The van der Waals surface area contributed by atoms with E-state index in [1.165, 1.54) is 16.9 Å². The molecule has 1 N–H and O–H groups in total. The molecule has 0 aliphatic carbocycles. The van der Waals surface area contributed by atoms with Crippen LogP contribution in [0.25, 0.3) is 0 Å². The van der Waals surface area contributed by atoms with E-state index in [0.29, 0.717) is 0 Å². The molecule has 0 aliphatic heterocycles. The second-order valence-corrected chi connectivity index (χ2v) is 6.82. The molecular formula is C13H13ClN2OSe. The monoisotopic (exact) mass is 328 g/mol. The number of aryl methyl sites for hydroxylation is 1. The third-order valence-corrected chi connectivity index (χ3v) is 4.77. The van der Waals surface area contributed by atoms with E-state index in [4.69, 9.17) is 11.6 Å². The zero-order chi connectivity index (χ0) is 13.1. The van der Waals surface area contributed by atoms with Crippen LogP contribution in [-0.4, -0.2) is 25.4 Å². The molecule has 2 rings (SSSR count). The summed E-state index contributed by atoms with van der Waals surface area (Å²) in [6.45, 7) is 3.49. The first-order valence-corrected chi connectivity index (χ1v) is 7.61. The number of anilines is 1. The number of aromatic nitrogens is 1. The maximum atomic E-state index is 10.9. The summed E-state index contributed by atoms with van der Waals surface area (Å²) in [5.74, 6) is -0.0661. The molecule has 18 heavy (non-hydrogen) atoms. The molecule has 0 unspecified atom stereocenters. The maximum absolute atomic E-state index is 10.9. The van der Waals surface area contributed by atoms with Gasteiger partial charge in [-0.15, -0.1) is 0 Å². The molecule has 5 heteroatoms. The first kappa shape index (κ1) is 13.3. The van der Waals surface area contributed by atoms with Crippen molar-refractivity contribution in [1.82, 2.24) is 4.98 Å². The molecule has 94 valence electrons. The number of benzene rings is 1. The number of halogens is 1. The zero-order valence-electron chi connectivity index (χ0n) is 10.2. The fraction of sp³-hybridized carbons (Fsp3) is 0.231. The van der Waals surface area contributed by atoms with Gasteiger partial charge >= 0.3 is 117 Å². The van der Waals surface area contributed by atoms with Crippen molar-refractivity contribution >= 4 is 36.7 Å². The van der Waals surface area contributed by atoms with Crippen LogP contribution in [0.1, 0.15) is 22.5 Å². The summed E-state index contributed by atoms with van der Waals surface area (Å²) in [6.07, 6.45) is 2.69. The molecule has 1 amide bonds. The van der Waals surface area contributed by atoms with Crippen molar-refractivity contribution in [2.45, 2.75) is 20.3 Å². The predicted octanol–water partition coefficient (Wildman–Crippen LogP) is 2.65. The Balaban J connectivity index is 2.11. The normalized spacial score (nSPS) is 10.4. The van der Waals surface area contributed by atoms with E-state index in [0.717, 1.165) is 21.7 Å². The molecule has 1 aromatic carbocycles. The number of hydrogen-bond donors (Lipinski definition) is 1. The molecule has 0 saturated carbocycles. The van der Waals surface area contributed by atoms with E-state index >= 15 is 0 Å². The molecule has 0 fully saturated rings. The van der Waals surface area contributed by atoms with Crippen LogP contribution in [0.5, 0.6) is 0 Å². The van der Waals surface area contributed by atoms with Gasteiger partial charge in [-0.2, -0.15) is 0 Å². The molecule has 1 aromatic heterocycles. The van der Waals surface area contributed by atoms with Crippen molar-refractivity contribution in [3.63, 3.8) is 0 Å². The first-order chi connectivity index (χ1) is 8.54. The molecule has 0 atom stereocenters. The van der Waals surface area contributed by atoms with Gasteiger partial charge in [0.25, 0.3) is 0 Å². The first-order valence-electron chi connectivity index (χ1n) is 5.52. The summed E-state index contributed by atoms with van der Waals surface area (Å²) in [6, 6.07) is 6.09. The Morgan fingerprint density at radius 3 is 2.94 bits per heavy atom. The predicted molar refractivity (Wildman–Crippen MR) is 74.5 cm³/mol. The van der Waals surface area contributed by atoms with E-state index in [2.05, 4.69) is 16.4 Å². The van der Waals surface area contributed by atoms with Crippen molar-refractivity contribution in [3.05, 3.63) is 45.0 Å². The van der Waals surface area contributed by atoms with Gasteiger partial charge in [0.05, 0.1) is 0 Å². The Kier molecular flexibility index (Phi) is 4.23. The number of hydrogen-bond acceptors (Lipinski definition) is 2. The summed E-state index contributed by atoms with van der Waals surface area (Å²) >= 11 is 6.21. The van der Waals surface area contributed by atoms with E-state index in [9.17, 15) is 4.79 Å². The topological polar surface area (TPSA) is 42.0 Å². The number of nitrogens with one attached hydrogen (secondary N) is 1. The van der Waals surface area contributed by atoms with Gasteiger partial charge in [0, 0.05) is 0 Å². The molecule has 1 heterocycles. The minimum atomic E-state index is -0.0661. The van der Waals surface area contributed by atoms with Crippen LogP contribution >= 0.6 is 11.6 Å². The molecule has 2 aromatic rings. The van der Waals surface area contributed by atoms with Gasteiger partial charge in [-0.05, 0) is 0 Å². The van der Waals surface area contributed by atoms with Crippen LogP contribution in [0.2, 0.25) is 5.02 Å². The summed E-state index contributed by atoms with van der Waals surface area (Å²) in [5.41, 5.74) is 2.26. The Bertz CT molecular complexity index is 580. The summed E-state index contributed by atoms with van der Waals surface area (Å²) < 4.78 is 2.02. The number of carbonyl (C=O) groups is 1. The SMILES string of the molecule is CC(=O)Nc1ncc(Cc2ccc(C)c(Cl)c2)[se]1. The van der Waals surface area contributed by atoms with Crippen molar-refractivity contribution in [2.75, 3.05) is 5.32 Å². The molecule has 3 nitrogen and oxygen atoms in total. The molecular weight excluding hydrogens is 315 g/mol. The summed E-state index contributed by atoms with van der Waals surface area (Å²) in [5, 5.41) is 3.53. The van der Waals surface area contributed by atoms with Crippen molar-refractivity contribution in [3.8, 4) is 0 Å². The fourth-order valence-corrected chi connectivity index (χ4v) is 3.62. The van der Waals surface area contributed by atoms with Crippen molar-refractivity contribution < 1.29 is 4.79 Å². The zero-order valence-corrected chi connectivity index (χ0v) is 12.6. The second-order valence-electron chi connectivity index (χ2n) is 4.07. The second kappa shape index (κ2) is 5.70. The van der Waals surface area contributed by atoms with Crippen molar-refractivity contribution in [2.24, 2.45) is 0 Å². The van der Waals surface area contributed by atoms with Gasteiger partial charge in [0.1, 0.15) is 0 Å². The average molecular weight is 328 g/mol. The quantitative estimate of drug-likeness (QED) is 0.881. The summed E-state index contributed by atoms with van der Waals surface area (Å²) in [4.78, 5) is 15.1. The summed E-state index contributed by atoms with van der Waals surface area (Å²) in [7, 11) is 0. The number of rotatable bonds is 3. The van der Waals surface area contributed by atoms with Crippen LogP contribution in [0.15, 0.2) is 24.4 Å². The van der Waals surface area contributed by atoms with Gasteiger partial charge in [-0.25, -0.2) is 0 Å². The molecule has 0 spiro atoms. The van der Waals surface area contributed by atoms with E-state index in [1.807, 2.05) is 25.3 Å². The van der Waals surface area contributed by atoms with E-state index < -0.39 is 0 Å². The van der Waals surface area contributed by atoms with Gasteiger partial charge in [-0.1, -0.05) is 0 Å². The van der Waals surface area contributed by atoms with Gasteiger partial charge in [-0.3, -0.25) is 0 Å².